The minimum Gasteiger partial charge on any atom is -0.497 e. The number of methoxy groups -OCH3 is 1. The summed E-state index contributed by atoms with van der Waals surface area (Å²) in [6.07, 6.45) is 5.58. The van der Waals surface area contributed by atoms with E-state index in [0.29, 0.717) is 26.3 Å². The minimum atomic E-state index is -0.0566. The molecule has 0 aliphatic rings. The summed E-state index contributed by atoms with van der Waals surface area (Å²) in [4.78, 5) is 20.5. The van der Waals surface area contributed by atoms with Gasteiger partial charge < -0.3 is 20.5 Å². The molecule has 0 bridgehead atoms. The van der Waals surface area contributed by atoms with Crippen LogP contribution < -0.4 is 15.8 Å². The molecule has 2 aromatic heterocycles. The number of aryl methyl sites for hydroxylation is 3. The van der Waals surface area contributed by atoms with Crippen LogP contribution in [0.25, 0.3) is 16.9 Å². The summed E-state index contributed by atoms with van der Waals surface area (Å²) in [7, 11) is 1.66. The van der Waals surface area contributed by atoms with Crippen molar-refractivity contribution in [1.82, 2.24) is 19.7 Å². The minimum absolute atomic E-state index is 0.0566. The number of aromatic nitrogens is 3. The molecule has 3 N–H and O–H groups in total. The summed E-state index contributed by atoms with van der Waals surface area (Å²) in [6, 6.07) is 13.7. The van der Waals surface area contributed by atoms with Gasteiger partial charge in [0.2, 0.25) is 0 Å². The third-order valence-electron chi connectivity index (χ3n) is 5.41. The van der Waals surface area contributed by atoms with Crippen molar-refractivity contribution in [3.8, 4) is 17.0 Å². The third kappa shape index (κ3) is 6.88. The molecule has 8 nitrogen and oxygen atoms in total. The first-order chi connectivity index (χ1) is 16.9. The largest absolute Gasteiger partial charge is 0.497 e. The Morgan fingerprint density at radius 3 is 2.51 bits per heavy atom. The molecule has 4 rings (SSSR count). The third-order valence-corrected chi connectivity index (χ3v) is 5.41. The Balaban J connectivity index is 0.000000196. The molecule has 4 aromatic rings. The van der Waals surface area contributed by atoms with E-state index in [1.54, 1.807) is 13.3 Å². The quantitative estimate of drug-likeness (QED) is 0.377. The maximum atomic E-state index is 11.8. The summed E-state index contributed by atoms with van der Waals surface area (Å²) in [5.74, 6) is 0.796. The smallest absolute Gasteiger partial charge is 0.251 e. The van der Waals surface area contributed by atoms with Gasteiger partial charge in [0.15, 0.2) is 5.65 Å². The van der Waals surface area contributed by atoms with Crippen LogP contribution in [0.3, 0.4) is 0 Å². The molecule has 0 spiro atoms. The first-order valence-corrected chi connectivity index (χ1v) is 11.5. The number of nitrogens with zero attached hydrogens (tertiary/aromatic N) is 3. The first-order valence-electron chi connectivity index (χ1n) is 11.5. The van der Waals surface area contributed by atoms with Gasteiger partial charge in [-0.25, -0.2) is 4.98 Å². The summed E-state index contributed by atoms with van der Waals surface area (Å²) in [5.41, 5.74) is 12.1. The Morgan fingerprint density at radius 2 is 1.83 bits per heavy atom. The molecule has 0 aliphatic carbocycles. The average molecular weight is 476 g/mol. The van der Waals surface area contributed by atoms with E-state index in [1.807, 2.05) is 80.0 Å². The van der Waals surface area contributed by atoms with E-state index in [2.05, 4.69) is 15.3 Å². The zero-order valence-electron chi connectivity index (χ0n) is 20.7. The molecule has 0 saturated carbocycles. The molecule has 8 heteroatoms. The molecule has 0 saturated heterocycles. The van der Waals surface area contributed by atoms with Crippen molar-refractivity contribution >= 4 is 11.6 Å². The zero-order valence-corrected chi connectivity index (χ0v) is 20.7. The van der Waals surface area contributed by atoms with Crippen LogP contribution in [0, 0.1) is 20.8 Å². The fourth-order valence-electron chi connectivity index (χ4n) is 3.61. The number of imidazole rings is 1. The van der Waals surface area contributed by atoms with Gasteiger partial charge >= 0.3 is 0 Å². The van der Waals surface area contributed by atoms with Crippen LogP contribution in [0.5, 0.6) is 5.75 Å². The molecule has 0 fully saturated rings. The summed E-state index contributed by atoms with van der Waals surface area (Å²) in [6.45, 7) is 7.94. The average Bonchev–Trinajstić information content (AvgIpc) is 3.30. The highest BCUT2D eigenvalue weighted by molar-refractivity contribution is 5.95. The maximum absolute atomic E-state index is 11.8. The van der Waals surface area contributed by atoms with Crippen LogP contribution >= 0.6 is 0 Å². The number of rotatable bonds is 8. The van der Waals surface area contributed by atoms with Gasteiger partial charge in [0.25, 0.3) is 5.91 Å². The number of ether oxygens (including phenoxy) is 2. The normalized spacial score (nSPS) is 10.5. The number of carbonyl (C=O) groups is 1. The molecule has 0 unspecified atom stereocenters. The monoisotopic (exact) mass is 475 g/mol. The van der Waals surface area contributed by atoms with E-state index >= 15 is 0 Å². The molecule has 0 atom stereocenters. The number of nitrogens with two attached hydrogens (primary N) is 1. The Labute approximate surface area is 206 Å². The van der Waals surface area contributed by atoms with Gasteiger partial charge in [-0.3, -0.25) is 14.2 Å². The standard InChI is InChI=1S/C14H13N3O.C13H20N2O2/c1-10-14-16-9-13(17(14)8-7-15-10)11-3-5-12(18-2)6-4-11;1-10-3-4-12(11(2)9-10)13(16)15-6-8-17-7-5-14/h3-9H,1-2H3;3-4,9H,5-8,14H2,1-2H3,(H,15,16). The fraction of sp³-hybridized carbons (Fsp3) is 0.296. The second-order valence-corrected chi connectivity index (χ2v) is 8.05. The molecular weight excluding hydrogens is 442 g/mol. The van der Waals surface area contributed by atoms with E-state index < -0.39 is 0 Å². The molecule has 2 aromatic carbocycles. The highest BCUT2D eigenvalue weighted by atomic mass is 16.5. The van der Waals surface area contributed by atoms with Crippen molar-refractivity contribution in [2.75, 3.05) is 33.4 Å². The van der Waals surface area contributed by atoms with E-state index in [4.69, 9.17) is 15.2 Å². The Hall–Kier alpha value is -3.75. The number of fused-ring (bicyclic) bond motifs is 1. The van der Waals surface area contributed by atoms with Crippen LogP contribution in [0.4, 0.5) is 0 Å². The molecule has 0 radical (unpaired) electrons. The van der Waals surface area contributed by atoms with Gasteiger partial charge in [-0.05, 0) is 56.7 Å². The van der Waals surface area contributed by atoms with Crippen molar-refractivity contribution < 1.29 is 14.3 Å². The number of hydrogen-bond acceptors (Lipinski definition) is 6. The van der Waals surface area contributed by atoms with E-state index in [0.717, 1.165) is 45.0 Å². The van der Waals surface area contributed by atoms with Crippen LogP contribution in [0.1, 0.15) is 27.2 Å². The number of carbonyl (C=O) groups excluding carboxylic acids is 1. The van der Waals surface area contributed by atoms with E-state index in [9.17, 15) is 4.79 Å². The van der Waals surface area contributed by atoms with Crippen LogP contribution in [0.15, 0.2) is 61.1 Å². The molecule has 0 aliphatic heterocycles. The zero-order chi connectivity index (χ0) is 25.2. The number of hydrogen-bond donors (Lipinski definition) is 2. The lowest BCUT2D eigenvalue weighted by Gasteiger charge is -2.08. The van der Waals surface area contributed by atoms with Gasteiger partial charge in [-0.1, -0.05) is 17.7 Å². The topological polar surface area (TPSA) is 104 Å². The summed E-state index contributed by atoms with van der Waals surface area (Å²) >= 11 is 0. The lowest BCUT2D eigenvalue weighted by atomic mass is 10.1. The van der Waals surface area contributed by atoms with Crippen molar-refractivity contribution in [1.29, 1.82) is 0 Å². The van der Waals surface area contributed by atoms with Crippen molar-refractivity contribution in [3.63, 3.8) is 0 Å². The van der Waals surface area contributed by atoms with Crippen LogP contribution in [-0.4, -0.2) is 53.7 Å². The lowest BCUT2D eigenvalue weighted by molar-refractivity contribution is 0.0919. The number of amides is 1. The SMILES string of the molecule is COc1ccc(-c2cnc3c(C)nccn23)cc1.Cc1ccc(C(=O)NCCOCCN)c(C)c1. The number of nitrogens with one attached hydrogen (secondary N) is 1. The highest BCUT2D eigenvalue weighted by Crippen LogP contribution is 2.23. The molecule has 35 heavy (non-hydrogen) atoms. The summed E-state index contributed by atoms with van der Waals surface area (Å²) < 4.78 is 12.4. The van der Waals surface area contributed by atoms with Gasteiger partial charge in [-0.2, -0.15) is 0 Å². The Bertz CT molecular complexity index is 1250. The van der Waals surface area contributed by atoms with Crippen molar-refractivity contribution in [2.24, 2.45) is 5.73 Å². The molecule has 2 heterocycles. The van der Waals surface area contributed by atoms with Gasteiger partial charge in [0, 0.05) is 36.6 Å². The van der Waals surface area contributed by atoms with E-state index in [1.165, 1.54) is 0 Å². The second-order valence-electron chi connectivity index (χ2n) is 8.05. The summed E-state index contributed by atoms with van der Waals surface area (Å²) in [5, 5.41) is 2.81. The van der Waals surface area contributed by atoms with Gasteiger partial charge in [0.1, 0.15) is 5.75 Å². The molecular formula is C27H33N5O3. The van der Waals surface area contributed by atoms with Gasteiger partial charge in [0.05, 0.1) is 37.9 Å². The fourth-order valence-corrected chi connectivity index (χ4v) is 3.61. The van der Waals surface area contributed by atoms with Gasteiger partial charge in [-0.15, -0.1) is 0 Å². The maximum Gasteiger partial charge on any atom is 0.251 e. The molecule has 184 valence electrons. The number of benzene rings is 2. The predicted octanol–water partition coefficient (Wildman–Crippen LogP) is 3.72. The van der Waals surface area contributed by atoms with Crippen molar-refractivity contribution in [3.05, 3.63) is 83.4 Å². The predicted molar refractivity (Wildman–Crippen MR) is 138 cm³/mol. The Kier molecular flexibility index (Phi) is 9.34. The highest BCUT2D eigenvalue weighted by Gasteiger charge is 2.08. The Morgan fingerprint density at radius 1 is 1.06 bits per heavy atom. The van der Waals surface area contributed by atoms with Crippen LogP contribution in [0.2, 0.25) is 0 Å². The van der Waals surface area contributed by atoms with Crippen LogP contribution in [-0.2, 0) is 4.74 Å². The first kappa shape index (κ1) is 25.9. The van der Waals surface area contributed by atoms with E-state index in [-0.39, 0.29) is 5.91 Å². The second kappa shape index (κ2) is 12.6. The van der Waals surface area contributed by atoms with Crippen molar-refractivity contribution in [2.45, 2.75) is 20.8 Å². The lowest BCUT2D eigenvalue weighted by Crippen LogP contribution is -2.28. The molecule has 1 amide bonds.